The number of rotatable bonds is 2. The summed E-state index contributed by atoms with van der Waals surface area (Å²) in [5, 5.41) is 27.3. The fraction of sp³-hybridized carbons (Fsp3) is 0.300. The van der Waals surface area contributed by atoms with Crippen LogP contribution in [0.15, 0.2) is 18.2 Å². The smallest absolute Gasteiger partial charge is 0.231 e. The number of nitriles is 1. The minimum Gasteiger partial charge on any atom is -0.454 e. The van der Waals surface area contributed by atoms with Gasteiger partial charge in [-0.1, -0.05) is 12.1 Å². The average molecular weight is 207 g/mol. The number of fused-ring (bicyclic) bond motifs is 1. The van der Waals surface area contributed by atoms with Crippen molar-refractivity contribution in [2.45, 2.75) is 12.2 Å². The zero-order valence-electron chi connectivity index (χ0n) is 7.75. The highest BCUT2D eigenvalue weighted by Crippen LogP contribution is 2.39. The summed E-state index contributed by atoms with van der Waals surface area (Å²) in [5.41, 5.74) is 0.360. The van der Waals surface area contributed by atoms with E-state index >= 15 is 0 Å². The van der Waals surface area contributed by atoms with Crippen molar-refractivity contribution in [3.8, 4) is 17.6 Å². The van der Waals surface area contributed by atoms with Gasteiger partial charge in [0, 0.05) is 5.56 Å². The van der Waals surface area contributed by atoms with Gasteiger partial charge in [0.15, 0.2) is 17.6 Å². The van der Waals surface area contributed by atoms with Gasteiger partial charge in [0.1, 0.15) is 6.10 Å². The van der Waals surface area contributed by atoms with Gasteiger partial charge in [0.05, 0.1) is 6.07 Å². The monoisotopic (exact) mass is 207 g/mol. The lowest BCUT2D eigenvalue weighted by Gasteiger charge is -2.13. The van der Waals surface area contributed by atoms with Crippen molar-refractivity contribution in [3.63, 3.8) is 0 Å². The maximum atomic E-state index is 9.65. The molecule has 0 saturated carbocycles. The highest BCUT2D eigenvalue weighted by molar-refractivity contribution is 5.49. The largest absolute Gasteiger partial charge is 0.454 e. The van der Waals surface area contributed by atoms with E-state index in [1.807, 2.05) is 0 Å². The molecule has 0 aliphatic carbocycles. The molecule has 2 atom stereocenters. The highest BCUT2D eigenvalue weighted by atomic mass is 16.7. The van der Waals surface area contributed by atoms with Gasteiger partial charge >= 0.3 is 0 Å². The number of aliphatic hydroxyl groups excluding tert-OH is 2. The van der Waals surface area contributed by atoms with Gasteiger partial charge in [-0.15, -0.1) is 0 Å². The lowest BCUT2D eigenvalue weighted by molar-refractivity contribution is 0.0505. The molecule has 2 N–H and O–H groups in total. The van der Waals surface area contributed by atoms with E-state index in [-0.39, 0.29) is 6.79 Å². The Morgan fingerprint density at radius 2 is 2.13 bits per heavy atom. The predicted octanol–water partition coefficient (Wildman–Crippen LogP) is 0.333. The number of nitrogens with zero attached hydrogens (tertiary/aromatic N) is 1. The first-order valence-electron chi connectivity index (χ1n) is 4.38. The van der Waals surface area contributed by atoms with Gasteiger partial charge in [-0.3, -0.25) is 0 Å². The minimum atomic E-state index is -1.47. The molecule has 1 heterocycles. The topological polar surface area (TPSA) is 82.7 Å². The standard InChI is InChI=1S/C10H9NO4/c11-4-7(12)9(13)6-2-1-3-8-10(6)15-5-14-8/h1-3,7,9,12-13H,5H2. The van der Waals surface area contributed by atoms with Crippen LogP contribution in [-0.4, -0.2) is 23.1 Å². The fourth-order valence-corrected chi connectivity index (χ4v) is 1.43. The Kier molecular flexibility index (Phi) is 2.46. The summed E-state index contributed by atoms with van der Waals surface area (Å²) in [6.07, 6.45) is -2.76. The molecule has 5 heteroatoms. The second kappa shape index (κ2) is 3.77. The van der Waals surface area contributed by atoms with Crippen LogP contribution >= 0.6 is 0 Å². The lowest BCUT2D eigenvalue weighted by atomic mass is 10.0. The Morgan fingerprint density at radius 1 is 1.33 bits per heavy atom. The van der Waals surface area contributed by atoms with Gasteiger partial charge in [0.25, 0.3) is 0 Å². The first-order valence-corrected chi connectivity index (χ1v) is 4.38. The number of ether oxygens (including phenoxy) is 2. The summed E-state index contributed by atoms with van der Waals surface area (Å²) in [6, 6.07) is 6.50. The van der Waals surface area contributed by atoms with E-state index in [1.54, 1.807) is 24.3 Å². The number of hydrogen-bond acceptors (Lipinski definition) is 5. The summed E-state index contributed by atoms with van der Waals surface area (Å²) in [7, 11) is 0. The Bertz CT molecular complexity index is 412. The minimum absolute atomic E-state index is 0.0850. The van der Waals surface area contributed by atoms with Gasteiger partial charge in [-0.05, 0) is 6.07 Å². The van der Waals surface area contributed by atoms with Gasteiger partial charge < -0.3 is 19.7 Å². The molecule has 0 bridgehead atoms. The van der Waals surface area contributed by atoms with Crippen LogP contribution < -0.4 is 9.47 Å². The fourth-order valence-electron chi connectivity index (χ4n) is 1.43. The number of hydrogen-bond donors (Lipinski definition) is 2. The van der Waals surface area contributed by atoms with E-state index in [9.17, 15) is 10.2 Å². The van der Waals surface area contributed by atoms with Crippen molar-refractivity contribution in [2.24, 2.45) is 0 Å². The van der Waals surface area contributed by atoms with Crippen LogP contribution in [0.3, 0.4) is 0 Å². The third-order valence-electron chi connectivity index (χ3n) is 2.18. The Morgan fingerprint density at radius 3 is 2.87 bits per heavy atom. The van der Waals surface area contributed by atoms with Crippen LogP contribution in [0.5, 0.6) is 11.5 Å². The highest BCUT2D eigenvalue weighted by Gasteiger charge is 2.26. The van der Waals surface area contributed by atoms with E-state index in [2.05, 4.69) is 0 Å². The van der Waals surface area contributed by atoms with Crippen molar-refractivity contribution in [2.75, 3.05) is 6.79 Å². The normalized spacial score (nSPS) is 16.9. The molecule has 1 aliphatic heterocycles. The van der Waals surface area contributed by atoms with Crippen LogP contribution in [0.1, 0.15) is 11.7 Å². The Labute approximate surface area is 86.1 Å². The lowest BCUT2D eigenvalue weighted by Crippen LogP contribution is -2.16. The van der Waals surface area contributed by atoms with Crippen molar-refractivity contribution in [3.05, 3.63) is 23.8 Å². The van der Waals surface area contributed by atoms with E-state index in [0.29, 0.717) is 17.1 Å². The van der Waals surface area contributed by atoms with Crippen molar-refractivity contribution in [1.82, 2.24) is 0 Å². The van der Waals surface area contributed by atoms with E-state index < -0.39 is 12.2 Å². The summed E-state index contributed by atoms with van der Waals surface area (Å²) in [6.45, 7) is 0.0850. The van der Waals surface area contributed by atoms with Crippen LogP contribution in [0.25, 0.3) is 0 Å². The maximum Gasteiger partial charge on any atom is 0.231 e. The molecular weight excluding hydrogens is 198 g/mol. The Hall–Kier alpha value is -1.77. The van der Waals surface area contributed by atoms with Crippen molar-refractivity contribution >= 4 is 0 Å². The summed E-state index contributed by atoms with van der Waals surface area (Å²) >= 11 is 0. The van der Waals surface area contributed by atoms with Gasteiger partial charge in [0.2, 0.25) is 6.79 Å². The molecule has 0 saturated heterocycles. The van der Waals surface area contributed by atoms with Crippen LogP contribution in [0.2, 0.25) is 0 Å². The van der Waals surface area contributed by atoms with E-state index in [4.69, 9.17) is 14.7 Å². The van der Waals surface area contributed by atoms with Gasteiger partial charge in [-0.25, -0.2) is 0 Å². The number of para-hydroxylation sites is 1. The SMILES string of the molecule is N#CC(O)C(O)c1cccc2c1OCO2. The van der Waals surface area contributed by atoms with Crippen molar-refractivity contribution < 1.29 is 19.7 Å². The third-order valence-corrected chi connectivity index (χ3v) is 2.18. The molecule has 0 spiro atoms. The molecule has 0 fully saturated rings. The molecule has 0 aromatic heterocycles. The van der Waals surface area contributed by atoms with Crippen LogP contribution in [0, 0.1) is 11.3 Å². The Balaban J connectivity index is 2.37. The molecule has 0 amide bonds. The van der Waals surface area contributed by atoms with Gasteiger partial charge in [-0.2, -0.15) is 5.26 Å². The predicted molar refractivity (Wildman–Crippen MR) is 49.1 cm³/mol. The summed E-state index contributed by atoms with van der Waals surface area (Å²) in [4.78, 5) is 0. The molecule has 15 heavy (non-hydrogen) atoms. The third kappa shape index (κ3) is 1.61. The molecular formula is C10H9NO4. The van der Waals surface area contributed by atoms with Crippen LogP contribution in [-0.2, 0) is 0 Å². The summed E-state index contributed by atoms with van der Waals surface area (Å²) < 4.78 is 10.2. The molecule has 0 radical (unpaired) electrons. The molecule has 5 nitrogen and oxygen atoms in total. The molecule has 1 aromatic rings. The zero-order valence-corrected chi connectivity index (χ0v) is 7.75. The van der Waals surface area contributed by atoms with Crippen molar-refractivity contribution in [1.29, 1.82) is 5.26 Å². The number of benzene rings is 1. The molecule has 2 unspecified atom stereocenters. The zero-order chi connectivity index (χ0) is 10.8. The molecule has 78 valence electrons. The second-order valence-electron chi connectivity index (χ2n) is 3.10. The first kappa shape index (κ1) is 9.77. The van der Waals surface area contributed by atoms with Crippen LogP contribution in [0.4, 0.5) is 0 Å². The number of aliphatic hydroxyl groups is 2. The van der Waals surface area contributed by atoms with E-state index in [1.165, 1.54) is 0 Å². The van der Waals surface area contributed by atoms with E-state index in [0.717, 1.165) is 0 Å². The maximum absolute atomic E-state index is 9.65. The first-order chi connectivity index (χ1) is 7.24. The molecule has 1 aromatic carbocycles. The summed E-state index contributed by atoms with van der Waals surface area (Å²) in [5.74, 6) is 0.899. The average Bonchev–Trinajstić information content (AvgIpc) is 2.74. The molecule has 1 aliphatic rings. The second-order valence-corrected chi connectivity index (χ2v) is 3.10. The quantitative estimate of drug-likeness (QED) is 0.683. The molecule has 2 rings (SSSR count).